The van der Waals surface area contributed by atoms with Gasteiger partial charge in [-0.3, -0.25) is 19.4 Å². The van der Waals surface area contributed by atoms with Crippen molar-refractivity contribution in [3.8, 4) is 0 Å². The second-order valence-electron chi connectivity index (χ2n) is 16.7. The molecule has 8 rings (SSSR count). The molecule has 0 spiro atoms. The molecule has 4 aromatic rings. The molecule has 0 aromatic heterocycles. The Morgan fingerprint density at radius 3 is 1.11 bits per heavy atom. The lowest BCUT2D eigenvalue weighted by Gasteiger charge is -2.37. The topological polar surface area (TPSA) is 47.1 Å². The SMILES string of the molecule is Cc1ccc(CN2CC[C@@H](N3CC[C@H](c4ccc(C)cc4)[C@@H](F)C3)C2=O)cc1.Cc1ccc(CN2CC[C@H](N3CC[C@H](c4ccc(C)cc4)[C@@H](F)C3)C2=O)cc1. The first-order chi connectivity index (χ1) is 27.0. The summed E-state index contributed by atoms with van der Waals surface area (Å²) >= 11 is 0. The molecule has 4 fully saturated rings. The van der Waals surface area contributed by atoms with E-state index in [1.807, 2.05) is 47.9 Å². The van der Waals surface area contributed by atoms with E-state index in [4.69, 9.17) is 0 Å². The molecule has 4 aliphatic heterocycles. The fraction of sp³-hybridized carbons (Fsp3) is 0.458. The summed E-state index contributed by atoms with van der Waals surface area (Å²) in [4.78, 5) is 33.9. The van der Waals surface area contributed by atoms with Gasteiger partial charge in [0.25, 0.3) is 0 Å². The number of benzene rings is 4. The van der Waals surface area contributed by atoms with E-state index >= 15 is 0 Å². The molecule has 56 heavy (non-hydrogen) atoms. The van der Waals surface area contributed by atoms with E-state index in [2.05, 4.69) is 96.4 Å². The predicted octanol–water partition coefficient (Wildman–Crippen LogP) is 8.46. The largest absolute Gasteiger partial charge is 0.337 e. The summed E-state index contributed by atoms with van der Waals surface area (Å²) in [6, 6.07) is 32.7. The molecular weight excluding hydrogens is 703 g/mol. The van der Waals surface area contributed by atoms with Gasteiger partial charge in [-0.1, -0.05) is 119 Å². The van der Waals surface area contributed by atoms with Gasteiger partial charge in [-0.05, 0) is 88.7 Å². The highest BCUT2D eigenvalue weighted by Crippen LogP contribution is 2.35. The predicted molar refractivity (Wildman–Crippen MR) is 220 cm³/mol. The maximum Gasteiger partial charge on any atom is 0.240 e. The van der Waals surface area contributed by atoms with Gasteiger partial charge in [0.05, 0.1) is 12.1 Å². The molecule has 6 atom stereocenters. The minimum atomic E-state index is -0.921. The van der Waals surface area contributed by atoms with Crippen LogP contribution >= 0.6 is 0 Å². The van der Waals surface area contributed by atoms with E-state index in [-0.39, 0.29) is 35.7 Å². The number of piperidine rings is 2. The van der Waals surface area contributed by atoms with Gasteiger partial charge in [-0.2, -0.15) is 0 Å². The number of hydrogen-bond donors (Lipinski definition) is 0. The van der Waals surface area contributed by atoms with E-state index in [1.54, 1.807) is 0 Å². The van der Waals surface area contributed by atoms with Crippen LogP contribution in [0.15, 0.2) is 97.1 Å². The monoisotopic (exact) mass is 760 g/mol. The smallest absolute Gasteiger partial charge is 0.240 e. The number of hydrogen-bond acceptors (Lipinski definition) is 4. The van der Waals surface area contributed by atoms with Gasteiger partial charge in [-0.25, -0.2) is 8.78 Å². The van der Waals surface area contributed by atoms with Gasteiger partial charge in [0.2, 0.25) is 11.8 Å². The zero-order valence-corrected chi connectivity index (χ0v) is 33.5. The van der Waals surface area contributed by atoms with E-state index < -0.39 is 12.3 Å². The standard InChI is InChI=1S/2C24H29FN2O/c2*1-17-3-7-19(8-4-17)15-27-14-12-23(24(27)28)26-13-11-21(22(25)16-26)20-9-5-18(2)6-10-20/h2*3-10,21-23H,11-16H2,1-2H3/t21-,22+,23+;21-,22+,23-/m11/s1. The maximum atomic E-state index is 15.0. The second kappa shape index (κ2) is 17.8. The first-order valence-electron chi connectivity index (χ1n) is 20.6. The van der Waals surface area contributed by atoms with E-state index in [0.29, 0.717) is 26.2 Å². The Hall–Kier alpha value is -4.40. The minimum absolute atomic E-state index is 0.0583. The molecule has 2 amide bonds. The average molecular weight is 761 g/mol. The van der Waals surface area contributed by atoms with Crippen LogP contribution in [0.1, 0.15) is 82.0 Å². The fourth-order valence-electron chi connectivity index (χ4n) is 9.07. The van der Waals surface area contributed by atoms with Gasteiger partial charge >= 0.3 is 0 Å². The van der Waals surface area contributed by atoms with E-state index in [9.17, 15) is 18.4 Å². The third-order valence-corrected chi connectivity index (χ3v) is 12.6. The maximum absolute atomic E-state index is 15.0. The normalized spacial score (nSPS) is 26.0. The van der Waals surface area contributed by atoms with E-state index in [0.717, 1.165) is 74.1 Å². The molecule has 4 aromatic carbocycles. The summed E-state index contributed by atoms with van der Waals surface area (Å²) in [5, 5.41) is 0. The summed E-state index contributed by atoms with van der Waals surface area (Å²) < 4.78 is 30.0. The Morgan fingerprint density at radius 2 is 0.786 bits per heavy atom. The van der Waals surface area contributed by atoms with Crippen molar-refractivity contribution in [1.29, 1.82) is 0 Å². The van der Waals surface area contributed by atoms with Gasteiger partial charge in [-0.15, -0.1) is 0 Å². The number of carbonyl (C=O) groups excluding carboxylic acids is 2. The van der Waals surface area contributed by atoms with E-state index in [1.165, 1.54) is 22.3 Å². The molecular formula is C48H58F2N4O2. The Kier molecular flexibility index (Phi) is 12.7. The highest BCUT2D eigenvalue weighted by atomic mass is 19.1. The number of likely N-dealkylation sites (tertiary alicyclic amines) is 4. The van der Waals surface area contributed by atoms with Crippen molar-refractivity contribution in [1.82, 2.24) is 19.6 Å². The van der Waals surface area contributed by atoms with Crippen molar-refractivity contribution in [3.05, 3.63) is 142 Å². The molecule has 4 heterocycles. The lowest BCUT2D eigenvalue weighted by Crippen LogP contribution is -2.49. The molecule has 0 saturated carbocycles. The molecule has 0 bridgehead atoms. The lowest BCUT2D eigenvalue weighted by molar-refractivity contribution is -0.134. The van der Waals surface area contributed by atoms with Crippen LogP contribution in [0.2, 0.25) is 0 Å². The molecule has 0 radical (unpaired) electrons. The third kappa shape index (κ3) is 9.41. The molecule has 4 aliphatic rings. The molecule has 8 heteroatoms. The van der Waals surface area contributed by atoms with Gasteiger partial charge in [0.1, 0.15) is 12.3 Å². The van der Waals surface area contributed by atoms with Crippen LogP contribution in [0.5, 0.6) is 0 Å². The third-order valence-electron chi connectivity index (χ3n) is 12.6. The number of amides is 2. The van der Waals surface area contributed by atoms with Crippen molar-refractivity contribution in [2.45, 2.75) is 103 Å². The zero-order valence-electron chi connectivity index (χ0n) is 33.5. The van der Waals surface area contributed by atoms with Crippen molar-refractivity contribution in [2.24, 2.45) is 0 Å². The number of aryl methyl sites for hydroxylation is 4. The van der Waals surface area contributed by atoms with Crippen LogP contribution in [-0.2, 0) is 22.7 Å². The first-order valence-corrected chi connectivity index (χ1v) is 20.6. The highest BCUT2D eigenvalue weighted by molar-refractivity contribution is 5.84. The summed E-state index contributed by atoms with van der Waals surface area (Å²) in [6.07, 6.45) is 1.29. The Labute approximate surface area is 332 Å². The summed E-state index contributed by atoms with van der Waals surface area (Å²) in [6.45, 7) is 13.3. The summed E-state index contributed by atoms with van der Waals surface area (Å²) in [7, 11) is 0. The summed E-state index contributed by atoms with van der Waals surface area (Å²) in [5.41, 5.74) is 9.30. The number of carbonyl (C=O) groups is 2. The van der Waals surface area contributed by atoms with Crippen LogP contribution < -0.4 is 0 Å². The van der Waals surface area contributed by atoms with Crippen molar-refractivity contribution < 1.29 is 18.4 Å². The Bertz CT molecular complexity index is 1780. The molecule has 0 N–H and O–H groups in total. The molecule has 296 valence electrons. The molecule has 0 unspecified atom stereocenters. The van der Waals surface area contributed by atoms with Crippen molar-refractivity contribution >= 4 is 11.8 Å². The number of alkyl halides is 2. The average Bonchev–Trinajstić information content (AvgIpc) is 3.75. The van der Waals surface area contributed by atoms with Gasteiger partial charge in [0, 0.05) is 51.1 Å². The number of nitrogens with zero attached hydrogens (tertiary/aromatic N) is 4. The second-order valence-corrected chi connectivity index (χ2v) is 16.7. The molecule has 0 aliphatic carbocycles. The molecule has 4 saturated heterocycles. The Morgan fingerprint density at radius 1 is 0.464 bits per heavy atom. The van der Waals surface area contributed by atoms with Crippen molar-refractivity contribution in [2.75, 3.05) is 39.3 Å². The zero-order chi connectivity index (χ0) is 39.3. The van der Waals surface area contributed by atoms with Crippen LogP contribution in [-0.4, -0.2) is 95.1 Å². The Balaban J connectivity index is 0.000000172. The minimum Gasteiger partial charge on any atom is -0.337 e. The number of halogens is 2. The lowest BCUT2D eigenvalue weighted by atomic mass is 9.87. The molecule has 6 nitrogen and oxygen atoms in total. The fourth-order valence-corrected chi connectivity index (χ4v) is 9.07. The number of rotatable bonds is 8. The van der Waals surface area contributed by atoms with Crippen LogP contribution in [0.4, 0.5) is 8.78 Å². The summed E-state index contributed by atoms with van der Waals surface area (Å²) in [5.74, 6) is 0.192. The van der Waals surface area contributed by atoms with Crippen LogP contribution in [0, 0.1) is 27.7 Å². The quantitative estimate of drug-likeness (QED) is 0.181. The highest BCUT2D eigenvalue weighted by Gasteiger charge is 2.42. The van der Waals surface area contributed by atoms with Gasteiger partial charge < -0.3 is 9.80 Å². The van der Waals surface area contributed by atoms with Crippen LogP contribution in [0.25, 0.3) is 0 Å². The van der Waals surface area contributed by atoms with Crippen molar-refractivity contribution in [3.63, 3.8) is 0 Å². The van der Waals surface area contributed by atoms with Crippen LogP contribution in [0.3, 0.4) is 0 Å². The van der Waals surface area contributed by atoms with Gasteiger partial charge in [0.15, 0.2) is 0 Å². The first kappa shape index (κ1) is 39.8.